The first-order valence-electron chi connectivity index (χ1n) is 15.7. The van der Waals surface area contributed by atoms with Crippen LogP contribution in [0.25, 0.3) is 0 Å². The summed E-state index contributed by atoms with van der Waals surface area (Å²) in [4.78, 5) is 0. The van der Waals surface area contributed by atoms with Crippen LogP contribution in [-0.2, 0) is 14.8 Å². The van der Waals surface area contributed by atoms with Gasteiger partial charge in [-0.1, -0.05) is 31.9 Å². The highest BCUT2D eigenvalue weighted by Crippen LogP contribution is 2.70. The minimum absolute atomic E-state index is 0.0131. The molecule has 0 bridgehead atoms. The van der Waals surface area contributed by atoms with Gasteiger partial charge in [-0.05, 0) is 112 Å². The molecule has 0 radical (unpaired) electrons. The molecule has 2 heterocycles. The van der Waals surface area contributed by atoms with Crippen LogP contribution in [0.4, 0.5) is 0 Å². The second-order valence-corrected chi connectivity index (χ2v) is 16.6. The molecule has 6 aliphatic rings. The van der Waals surface area contributed by atoms with Crippen LogP contribution >= 0.6 is 0 Å². The number of rotatable bonds is 5. The lowest BCUT2D eigenvalue weighted by Crippen LogP contribution is -2.54. The normalized spacial score (nSPS) is 49.8. The average molecular weight is 564 g/mol. The van der Waals surface area contributed by atoms with Crippen molar-refractivity contribution in [3.05, 3.63) is 11.1 Å². The molecule has 9 heteroatoms. The van der Waals surface area contributed by atoms with Gasteiger partial charge >= 0.3 is 0 Å². The lowest BCUT2D eigenvalue weighted by Gasteiger charge is -2.58. The van der Waals surface area contributed by atoms with Gasteiger partial charge in [0.15, 0.2) is 0 Å². The largest absolute Gasteiger partial charge is 0.369 e. The number of hydrogen-bond acceptors (Lipinski definition) is 7. The number of allylic oxidation sites excluding steroid dienone is 1. The Morgan fingerprint density at radius 3 is 2.54 bits per heavy atom. The van der Waals surface area contributed by atoms with Crippen LogP contribution < -0.4 is 27.2 Å². The summed E-state index contributed by atoms with van der Waals surface area (Å²) in [5, 5.41) is 3.82. The molecule has 6 rings (SSSR count). The van der Waals surface area contributed by atoms with Gasteiger partial charge in [0, 0.05) is 24.5 Å². The zero-order valence-corrected chi connectivity index (χ0v) is 25.2. The van der Waals surface area contributed by atoms with E-state index in [2.05, 4.69) is 30.8 Å². The van der Waals surface area contributed by atoms with Crippen molar-refractivity contribution in [3.63, 3.8) is 0 Å². The topological polar surface area (TPSA) is 145 Å². The Labute approximate surface area is 236 Å². The van der Waals surface area contributed by atoms with Gasteiger partial charge in [-0.3, -0.25) is 0 Å². The van der Waals surface area contributed by atoms with Crippen LogP contribution in [0.3, 0.4) is 0 Å². The van der Waals surface area contributed by atoms with Crippen molar-refractivity contribution in [1.29, 1.82) is 0 Å². The molecule has 0 aromatic heterocycles. The quantitative estimate of drug-likeness (QED) is 0.323. The molecule has 1 spiro atoms. The van der Waals surface area contributed by atoms with E-state index in [4.69, 9.17) is 21.9 Å². The Hall–Kier alpha value is -0.550. The molecule has 1 unspecified atom stereocenters. The molecule has 3 saturated carbocycles. The zero-order valence-electron chi connectivity index (χ0n) is 24.4. The zero-order chi connectivity index (χ0) is 27.8. The predicted molar refractivity (Wildman–Crippen MR) is 155 cm³/mol. The molecule has 8 N–H and O–H groups in total. The highest BCUT2D eigenvalue weighted by Gasteiger charge is 2.63. The maximum absolute atomic E-state index is 12.2. The molecule has 222 valence electrons. The minimum atomic E-state index is -3.39. The first kappa shape index (κ1) is 28.6. The summed E-state index contributed by atoms with van der Waals surface area (Å²) in [5.74, 6) is 2.35. The van der Waals surface area contributed by atoms with E-state index in [0.717, 1.165) is 57.9 Å². The Bertz CT molecular complexity index is 1100. The van der Waals surface area contributed by atoms with Crippen LogP contribution in [0.2, 0.25) is 0 Å². The van der Waals surface area contributed by atoms with Crippen molar-refractivity contribution in [2.75, 3.05) is 25.5 Å². The summed E-state index contributed by atoms with van der Waals surface area (Å²) in [6, 6.07) is 0.372. The van der Waals surface area contributed by atoms with E-state index in [9.17, 15) is 8.42 Å². The number of ether oxygens (including phenoxy) is 1. The van der Waals surface area contributed by atoms with Gasteiger partial charge in [0.25, 0.3) is 0 Å². The third-order valence-corrected chi connectivity index (χ3v) is 14.1. The highest BCUT2D eigenvalue weighted by atomic mass is 32.2. The summed E-state index contributed by atoms with van der Waals surface area (Å²) >= 11 is 0. The van der Waals surface area contributed by atoms with Gasteiger partial charge in [-0.15, -0.1) is 0 Å². The summed E-state index contributed by atoms with van der Waals surface area (Å²) < 4.78 is 34.3. The van der Waals surface area contributed by atoms with Crippen LogP contribution in [0, 0.1) is 40.4 Å². The lowest BCUT2D eigenvalue weighted by atomic mass is 9.47. The molecule has 2 saturated heterocycles. The number of hydrogen-bond donors (Lipinski definition) is 5. The summed E-state index contributed by atoms with van der Waals surface area (Å²) in [6.07, 6.45) is 11.0. The predicted octanol–water partition coefficient (Wildman–Crippen LogP) is 2.58. The van der Waals surface area contributed by atoms with E-state index in [0.29, 0.717) is 48.7 Å². The van der Waals surface area contributed by atoms with Crippen LogP contribution in [0.15, 0.2) is 11.1 Å². The number of sulfonamides is 1. The van der Waals surface area contributed by atoms with Crippen LogP contribution in [-0.4, -0.2) is 57.7 Å². The van der Waals surface area contributed by atoms with Crippen molar-refractivity contribution in [1.82, 2.24) is 10.0 Å². The summed E-state index contributed by atoms with van der Waals surface area (Å²) in [7, 11) is -3.39. The van der Waals surface area contributed by atoms with Gasteiger partial charge < -0.3 is 27.3 Å². The fourth-order valence-electron chi connectivity index (χ4n) is 11.0. The van der Waals surface area contributed by atoms with Gasteiger partial charge in [0.2, 0.25) is 10.0 Å². The molecule has 0 aromatic rings. The van der Waals surface area contributed by atoms with Gasteiger partial charge in [0.05, 0.1) is 11.7 Å². The number of fused-ring (bicyclic) bond motifs is 6. The van der Waals surface area contributed by atoms with Crippen molar-refractivity contribution in [2.45, 2.75) is 109 Å². The van der Waals surface area contributed by atoms with Gasteiger partial charge in [-0.2, -0.15) is 0 Å². The summed E-state index contributed by atoms with van der Waals surface area (Å²) in [5.41, 5.74) is 22.0. The molecule has 39 heavy (non-hydrogen) atoms. The molecular formula is C30H53N5O3S. The van der Waals surface area contributed by atoms with Gasteiger partial charge in [0.1, 0.15) is 5.88 Å². The van der Waals surface area contributed by atoms with E-state index < -0.39 is 10.0 Å². The van der Waals surface area contributed by atoms with E-state index in [-0.39, 0.29) is 34.5 Å². The van der Waals surface area contributed by atoms with Crippen molar-refractivity contribution >= 4 is 10.0 Å². The number of nitrogens with one attached hydrogen (secondary N) is 2. The maximum atomic E-state index is 12.2. The van der Waals surface area contributed by atoms with Crippen LogP contribution in [0.5, 0.6) is 0 Å². The fraction of sp³-hybridized carbons (Fsp3) is 0.933. The smallest absolute Gasteiger partial charge is 0.224 e. The Kier molecular flexibility index (Phi) is 7.34. The third kappa shape index (κ3) is 4.48. The second kappa shape index (κ2) is 10.0. The summed E-state index contributed by atoms with van der Waals surface area (Å²) in [6.45, 7) is 9.74. The fourth-order valence-corrected chi connectivity index (χ4v) is 11.8. The Morgan fingerprint density at radius 1 is 1.05 bits per heavy atom. The monoisotopic (exact) mass is 563 g/mol. The third-order valence-electron chi connectivity index (χ3n) is 12.9. The minimum Gasteiger partial charge on any atom is -0.369 e. The Morgan fingerprint density at radius 2 is 1.82 bits per heavy atom. The first-order chi connectivity index (χ1) is 18.5. The van der Waals surface area contributed by atoms with Crippen molar-refractivity contribution in [2.24, 2.45) is 57.6 Å². The lowest BCUT2D eigenvalue weighted by molar-refractivity contribution is -0.0930. The SMILES string of the molecule is C[C@@H]1CN[C@H]2[C@@H](CN)[C@@]3(CC[C@@H]4C(=C(CN)C3)C[C@H]3[C@@]4(C)CCC4C[C@H](NS(=O)(=O)CN)CC[C@@]43C)O[C@@H]2C1. The van der Waals surface area contributed by atoms with E-state index in [1.165, 1.54) is 18.4 Å². The number of nitrogens with two attached hydrogens (primary N) is 3. The molecule has 0 amide bonds. The molecule has 11 atom stereocenters. The van der Waals surface area contributed by atoms with E-state index in [1.54, 1.807) is 5.57 Å². The standard InChI is InChI=1S/C30H53N5O3S/c1-18-10-25-27(34-16-18)24(15-32)30(38-25)9-6-23-22(19(13-30)14-31)12-26-28(2)8-5-21(35-39(36,37)17-33)11-20(28)4-7-29(23,26)3/h18,20-21,23-27,34-35H,4-17,31-33H2,1-3H3/t18-,20?,21+,23+,24+,25+,26+,27-,28-,29-,30-/m0/s1. The van der Waals surface area contributed by atoms with Crippen molar-refractivity contribution in [3.8, 4) is 0 Å². The maximum Gasteiger partial charge on any atom is 0.224 e. The molecule has 0 aromatic carbocycles. The molecule has 2 aliphatic heterocycles. The molecule has 4 aliphatic carbocycles. The second-order valence-electron chi connectivity index (χ2n) is 14.8. The molecule has 8 nitrogen and oxygen atoms in total. The van der Waals surface area contributed by atoms with Crippen molar-refractivity contribution < 1.29 is 13.2 Å². The average Bonchev–Trinajstić information content (AvgIpc) is 3.31. The van der Waals surface area contributed by atoms with Crippen LogP contribution in [0.1, 0.15) is 85.0 Å². The van der Waals surface area contributed by atoms with Gasteiger partial charge in [-0.25, -0.2) is 13.1 Å². The molecule has 5 fully saturated rings. The van der Waals surface area contributed by atoms with E-state index in [1.807, 2.05) is 0 Å². The highest BCUT2D eigenvalue weighted by molar-refractivity contribution is 7.89. The molecular weight excluding hydrogens is 510 g/mol. The Balaban J connectivity index is 1.28. The number of piperidine rings is 1. The first-order valence-corrected chi connectivity index (χ1v) is 17.4. The van der Waals surface area contributed by atoms with E-state index >= 15 is 0 Å².